The second-order valence-electron chi connectivity index (χ2n) is 3.06. The molecule has 0 aromatic carbocycles. The van der Waals surface area contributed by atoms with E-state index in [1.165, 1.54) is 0 Å². The minimum Gasteiger partial charge on any atom is -0.376 e. The Balaban J connectivity index is 2.14. The number of thiazole rings is 1. The van der Waals surface area contributed by atoms with Crippen LogP contribution in [0.2, 0.25) is 0 Å². The summed E-state index contributed by atoms with van der Waals surface area (Å²) in [6, 6.07) is 0. The van der Waals surface area contributed by atoms with E-state index < -0.39 is 0 Å². The van der Waals surface area contributed by atoms with Crippen LogP contribution in [0.1, 0.15) is 5.01 Å². The van der Waals surface area contributed by atoms with Gasteiger partial charge in [-0.15, -0.1) is 11.3 Å². The Morgan fingerprint density at radius 1 is 1.77 bits per heavy atom. The summed E-state index contributed by atoms with van der Waals surface area (Å²) in [7, 11) is 0. The number of nitrogens with zero attached hydrogens (tertiary/aromatic N) is 2. The Hall–Kier alpha value is -0.650. The number of aryl methyl sites for hydroxylation is 1. The van der Waals surface area contributed by atoms with Crippen molar-refractivity contribution in [2.45, 2.75) is 13.1 Å². The molecule has 2 heterocycles. The fourth-order valence-corrected chi connectivity index (χ4v) is 2.00. The number of ether oxygens (including phenoxy) is 1. The van der Waals surface area contributed by atoms with E-state index >= 15 is 0 Å². The molecular formula is C8H13N3OS. The summed E-state index contributed by atoms with van der Waals surface area (Å²) in [6.45, 7) is 4.17. The molecule has 0 aliphatic carbocycles. The first-order valence-electron chi connectivity index (χ1n) is 4.29. The van der Waals surface area contributed by atoms with Crippen molar-refractivity contribution < 1.29 is 4.74 Å². The SMILES string of the molecule is Cc1nc(N2CCOCC2N)cs1. The maximum absolute atomic E-state index is 5.89. The van der Waals surface area contributed by atoms with Crippen molar-refractivity contribution in [2.24, 2.45) is 5.73 Å². The van der Waals surface area contributed by atoms with E-state index in [0.29, 0.717) is 6.61 Å². The van der Waals surface area contributed by atoms with E-state index in [9.17, 15) is 0 Å². The van der Waals surface area contributed by atoms with Crippen LogP contribution < -0.4 is 10.6 Å². The summed E-state index contributed by atoms with van der Waals surface area (Å²) >= 11 is 1.65. The molecule has 13 heavy (non-hydrogen) atoms. The van der Waals surface area contributed by atoms with Gasteiger partial charge in [-0.25, -0.2) is 4.98 Å². The maximum Gasteiger partial charge on any atom is 0.141 e. The molecule has 0 spiro atoms. The molecule has 5 heteroatoms. The Kier molecular flexibility index (Phi) is 2.48. The van der Waals surface area contributed by atoms with Gasteiger partial charge in [0.05, 0.1) is 18.2 Å². The minimum atomic E-state index is -0.0461. The Morgan fingerprint density at radius 3 is 3.23 bits per heavy atom. The van der Waals surface area contributed by atoms with Crippen LogP contribution in [-0.4, -0.2) is 30.9 Å². The number of hydrogen-bond acceptors (Lipinski definition) is 5. The smallest absolute Gasteiger partial charge is 0.141 e. The summed E-state index contributed by atoms with van der Waals surface area (Å²) in [4.78, 5) is 6.48. The van der Waals surface area contributed by atoms with Crippen LogP contribution in [0.15, 0.2) is 5.38 Å². The first-order valence-corrected chi connectivity index (χ1v) is 5.17. The average Bonchev–Trinajstić information content (AvgIpc) is 2.53. The third-order valence-electron chi connectivity index (χ3n) is 2.07. The highest BCUT2D eigenvalue weighted by atomic mass is 32.1. The summed E-state index contributed by atoms with van der Waals surface area (Å²) in [6.07, 6.45) is -0.0461. The van der Waals surface area contributed by atoms with Crippen LogP contribution >= 0.6 is 11.3 Å². The topological polar surface area (TPSA) is 51.4 Å². The van der Waals surface area contributed by atoms with Gasteiger partial charge in [-0.3, -0.25) is 0 Å². The van der Waals surface area contributed by atoms with Crippen LogP contribution in [0.5, 0.6) is 0 Å². The highest BCUT2D eigenvalue weighted by Crippen LogP contribution is 2.19. The largest absolute Gasteiger partial charge is 0.376 e. The third kappa shape index (κ3) is 1.82. The molecule has 1 atom stereocenters. The second-order valence-corrected chi connectivity index (χ2v) is 4.12. The monoisotopic (exact) mass is 199 g/mol. The van der Waals surface area contributed by atoms with Crippen LogP contribution in [-0.2, 0) is 4.74 Å². The van der Waals surface area contributed by atoms with Crippen LogP contribution in [0.25, 0.3) is 0 Å². The van der Waals surface area contributed by atoms with Crippen molar-refractivity contribution in [1.29, 1.82) is 0 Å². The van der Waals surface area contributed by atoms with E-state index in [1.54, 1.807) is 11.3 Å². The molecule has 0 amide bonds. The minimum absolute atomic E-state index is 0.0461. The summed E-state index contributed by atoms with van der Waals surface area (Å²) in [5, 5.41) is 3.12. The zero-order valence-corrected chi connectivity index (χ0v) is 8.38. The quantitative estimate of drug-likeness (QED) is 0.718. The normalized spacial score (nSPS) is 23.5. The number of aromatic nitrogens is 1. The molecule has 1 aromatic rings. The van der Waals surface area contributed by atoms with Crippen molar-refractivity contribution in [3.63, 3.8) is 0 Å². The Labute approximate surface area is 81.3 Å². The van der Waals surface area contributed by atoms with Gasteiger partial charge < -0.3 is 15.4 Å². The lowest BCUT2D eigenvalue weighted by molar-refractivity contribution is 0.0954. The molecule has 1 aromatic heterocycles. The molecular weight excluding hydrogens is 186 g/mol. The molecule has 72 valence electrons. The fraction of sp³-hybridized carbons (Fsp3) is 0.625. The van der Waals surface area contributed by atoms with Gasteiger partial charge in [-0.2, -0.15) is 0 Å². The first kappa shape index (κ1) is 8.93. The van der Waals surface area contributed by atoms with E-state index in [2.05, 4.69) is 9.88 Å². The lowest BCUT2D eigenvalue weighted by atomic mass is 10.3. The van der Waals surface area contributed by atoms with Crippen molar-refractivity contribution in [3.05, 3.63) is 10.4 Å². The predicted molar refractivity (Wildman–Crippen MR) is 53.0 cm³/mol. The van der Waals surface area contributed by atoms with Crippen molar-refractivity contribution >= 4 is 17.2 Å². The van der Waals surface area contributed by atoms with E-state index in [4.69, 9.17) is 10.5 Å². The molecule has 1 saturated heterocycles. The standard InChI is InChI=1S/C8H13N3OS/c1-6-10-8(5-13-6)11-2-3-12-4-7(11)9/h5,7H,2-4,9H2,1H3. The zero-order valence-electron chi connectivity index (χ0n) is 7.56. The van der Waals surface area contributed by atoms with E-state index in [-0.39, 0.29) is 6.17 Å². The highest BCUT2D eigenvalue weighted by molar-refractivity contribution is 7.09. The predicted octanol–water partition coefficient (Wildman–Crippen LogP) is 0.573. The van der Waals surface area contributed by atoms with Gasteiger partial charge in [0.15, 0.2) is 0 Å². The van der Waals surface area contributed by atoms with E-state index in [1.807, 2.05) is 12.3 Å². The summed E-state index contributed by atoms with van der Waals surface area (Å²) in [5.74, 6) is 0.985. The van der Waals surface area contributed by atoms with Gasteiger partial charge in [-0.1, -0.05) is 0 Å². The molecule has 4 nitrogen and oxygen atoms in total. The Bertz CT molecular complexity index is 289. The summed E-state index contributed by atoms with van der Waals surface area (Å²) in [5.41, 5.74) is 5.89. The van der Waals surface area contributed by atoms with Gasteiger partial charge in [0.25, 0.3) is 0 Å². The number of morpholine rings is 1. The van der Waals surface area contributed by atoms with Gasteiger partial charge in [-0.05, 0) is 6.92 Å². The maximum atomic E-state index is 5.89. The van der Waals surface area contributed by atoms with Gasteiger partial charge in [0.2, 0.25) is 0 Å². The summed E-state index contributed by atoms with van der Waals surface area (Å²) < 4.78 is 5.25. The average molecular weight is 199 g/mol. The number of hydrogen-bond donors (Lipinski definition) is 1. The first-order chi connectivity index (χ1) is 6.27. The van der Waals surface area contributed by atoms with Crippen molar-refractivity contribution in [1.82, 2.24) is 4.98 Å². The van der Waals surface area contributed by atoms with Crippen LogP contribution in [0.4, 0.5) is 5.82 Å². The molecule has 2 N–H and O–H groups in total. The van der Waals surface area contributed by atoms with Crippen molar-refractivity contribution in [2.75, 3.05) is 24.7 Å². The van der Waals surface area contributed by atoms with Gasteiger partial charge >= 0.3 is 0 Å². The van der Waals surface area contributed by atoms with Gasteiger partial charge in [0.1, 0.15) is 12.0 Å². The molecule has 0 saturated carbocycles. The molecule has 1 aliphatic rings. The molecule has 0 radical (unpaired) electrons. The zero-order chi connectivity index (χ0) is 9.26. The molecule has 1 unspecified atom stereocenters. The fourth-order valence-electron chi connectivity index (χ4n) is 1.39. The highest BCUT2D eigenvalue weighted by Gasteiger charge is 2.20. The lowest BCUT2D eigenvalue weighted by Crippen LogP contribution is -2.51. The van der Waals surface area contributed by atoms with Crippen LogP contribution in [0, 0.1) is 6.92 Å². The molecule has 0 bridgehead atoms. The lowest BCUT2D eigenvalue weighted by Gasteiger charge is -2.32. The Morgan fingerprint density at radius 2 is 2.62 bits per heavy atom. The third-order valence-corrected chi connectivity index (χ3v) is 2.83. The number of nitrogens with two attached hydrogens (primary N) is 1. The van der Waals surface area contributed by atoms with Crippen molar-refractivity contribution in [3.8, 4) is 0 Å². The van der Waals surface area contributed by atoms with Crippen LogP contribution in [0.3, 0.4) is 0 Å². The number of rotatable bonds is 1. The molecule has 1 fully saturated rings. The molecule has 1 aliphatic heterocycles. The molecule has 2 rings (SSSR count). The van der Waals surface area contributed by atoms with E-state index in [0.717, 1.165) is 24.0 Å². The second kappa shape index (κ2) is 3.61. The van der Waals surface area contributed by atoms with Gasteiger partial charge in [0, 0.05) is 11.9 Å². The number of anilines is 1.